The first kappa shape index (κ1) is 15.5. The standard InChI is InChI=1S/C8H11N9O2S/c1-16(2)20(18,19)17-6-7(4-3-5-11-14-9)12-8(17)13-15-10/h3-4,6H,5H2,1-2H3/b4-3+. The molecule has 1 heterocycles. The summed E-state index contributed by atoms with van der Waals surface area (Å²) >= 11 is 0. The fourth-order valence-corrected chi connectivity index (χ4v) is 2.04. The van der Waals surface area contributed by atoms with Crippen molar-refractivity contribution in [2.45, 2.75) is 0 Å². The number of nitrogens with zero attached hydrogens (tertiary/aromatic N) is 9. The van der Waals surface area contributed by atoms with E-state index in [1.54, 1.807) is 0 Å². The van der Waals surface area contributed by atoms with Gasteiger partial charge in [-0.15, -0.1) is 0 Å². The molecule has 0 amide bonds. The Morgan fingerprint density at radius 2 is 2.15 bits per heavy atom. The summed E-state index contributed by atoms with van der Waals surface area (Å²) in [6.07, 6.45) is 4.15. The highest BCUT2D eigenvalue weighted by atomic mass is 32.2. The molecule has 0 fully saturated rings. The Labute approximate surface area is 114 Å². The van der Waals surface area contributed by atoms with Crippen LogP contribution in [0.1, 0.15) is 5.69 Å². The normalized spacial score (nSPS) is 11.3. The van der Waals surface area contributed by atoms with Gasteiger partial charge < -0.3 is 0 Å². The van der Waals surface area contributed by atoms with Gasteiger partial charge in [-0.2, -0.15) is 12.7 Å². The predicted molar refractivity (Wildman–Crippen MR) is 72.1 cm³/mol. The zero-order valence-corrected chi connectivity index (χ0v) is 11.5. The van der Waals surface area contributed by atoms with Crippen molar-refractivity contribution in [3.63, 3.8) is 0 Å². The molecule has 0 aliphatic rings. The molecule has 1 aromatic heterocycles. The first-order valence-electron chi connectivity index (χ1n) is 5.18. The lowest BCUT2D eigenvalue weighted by Crippen LogP contribution is -2.28. The minimum Gasteiger partial charge on any atom is -0.226 e. The molecule has 0 N–H and O–H groups in total. The van der Waals surface area contributed by atoms with E-state index in [1.807, 2.05) is 0 Å². The van der Waals surface area contributed by atoms with Crippen LogP contribution in [-0.2, 0) is 10.2 Å². The highest BCUT2D eigenvalue weighted by molar-refractivity contribution is 7.87. The number of hydrogen-bond acceptors (Lipinski definition) is 5. The van der Waals surface area contributed by atoms with Gasteiger partial charge in [0, 0.05) is 36.7 Å². The topological polar surface area (TPSA) is 153 Å². The van der Waals surface area contributed by atoms with E-state index in [-0.39, 0.29) is 18.2 Å². The van der Waals surface area contributed by atoms with Gasteiger partial charge in [-0.05, 0) is 22.3 Å². The summed E-state index contributed by atoms with van der Waals surface area (Å²) in [7, 11) is -1.16. The summed E-state index contributed by atoms with van der Waals surface area (Å²) in [6, 6.07) is 0. The maximum absolute atomic E-state index is 12.0. The van der Waals surface area contributed by atoms with E-state index in [0.29, 0.717) is 0 Å². The second kappa shape index (κ2) is 6.59. The van der Waals surface area contributed by atoms with Crippen molar-refractivity contribution in [1.82, 2.24) is 13.3 Å². The molecule has 0 radical (unpaired) electrons. The van der Waals surface area contributed by atoms with Crippen molar-refractivity contribution >= 4 is 22.2 Å². The molecule has 0 saturated carbocycles. The molecule has 12 heteroatoms. The Balaban J connectivity index is 3.25. The first-order chi connectivity index (χ1) is 9.43. The van der Waals surface area contributed by atoms with Crippen LogP contribution in [-0.4, -0.2) is 42.3 Å². The summed E-state index contributed by atoms with van der Waals surface area (Å²) in [5, 5.41) is 6.51. The summed E-state index contributed by atoms with van der Waals surface area (Å²) in [4.78, 5) is 8.95. The fourth-order valence-electron chi connectivity index (χ4n) is 1.16. The maximum atomic E-state index is 12.0. The van der Waals surface area contributed by atoms with Crippen LogP contribution in [0.5, 0.6) is 0 Å². The molecule has 11 nitrogen and oxygen atoms in total. The zero-order chi connectivity index (χ0) is 15.2. The highest BCUT2D eigenvalue weighted by Gasteiger charge is 2.20. The predicted octanol–water partition coefficient (Wildman–Crippen LogP) is 1.80. The van der Waals surface area contributed by atoms with Crippen molar-refractivity contribution in [2.24, 2.45) is 10.2 Å². The molecular weight excluding hydrogens is 286 g/mol. The Hall–Kier alpha value is -2.52. The molecule has 0 bridgehead atoms. The number of aromatic nitrogens is 2. The van der Waals surface area contributed by atoms with Gasteiger partial charge in [0.15, 0.2) is 0 Å². The minimum absolute atomic E-state index is 0.0979. The van der Waals surface area contributed by atoms with Gasteiger partial charge in [-0.25, -0.2) is 8.96 Å². The summed E-state index contributed by atoms with van der Waals surface area (Å²) in [5.41, 5.74) is 16.8. The van der Waals surface area contributed by atoms with Crippen LogP contribution < -0.4 is 0 Å². The Morgan fingerprint density at radius 1 is 1.45 bits per heavy atom. The Bertz CT molecular complexity index is 704. The van der Waals surface area contributed by atoms with E-state index in [2.05, 4.69) is 25.0 Å². The smallest absolute Gasteiger partial charge is 0.226 e. The second-order valence-corrected chi connectivity index (χ2v) is 5.58. The molecule has 106 valence electrons. The largest absolute Gasteiger partial charge is 0.308 e. The zero-order valence-electron chi connectivity index (χ0n) is 10.7. The Kier molecular flexibility index (Phi) is 5.12. The van der Waals surface area contributed by atoms with E-state index in [0.717, 1.165) is 8.28 Å². The van der Waals surface area contributed by atoms with Gasteiger partial charge in [0.25, 0.3) is 0 Å². The number of rotatable bonds is 6. The van der Waals surface area contributed by atoms with Crippen LogP contribution in [0.3, 0.4) is 0 Å². The van der Waals surface area contributed by atoms with Gasteiger partial charge in [0.05, 0.1) is 5.69 Å². The molecule has 0 aromatic carbocycles. The SMILES string of the molecule is CN(C)S(=O)(=O)n1cc(/C=C/CN=[N+]=[N-])nc1N=[N+]=[N-]. The fraction of sp³-hybridized carbons (Fsp3) is 0.375. The van der Waals surface area contributed by atoms with E-state index < -0.39 is 10.2 Å². The third kappa shape index (κ3) is 3.49. The molecule has 0 saturated heterocycles. The molecule has 0 atom stereocenters. The number of hydrogen-bond donors (Lipinski definition) is 0. The summed E-state index contributed by atoms with van der Waals surface area (Å²) in [6.45, 7) is 0.0979. The summed E-state index contributed by atoms with van der Waals surface area (Å²) < 4.78 is 25.7. The second-order valence-electron chi connectivity index (χ2n) is 3.56. The maximum Gasteiger partial charge on any atom is 0.308 e. The third-order valence-corrected chi connectivity index (χ3v) is 3.75. The third-order valence-electron chi connectivity index (χ3n) is 2.06. The highest BCUT2D eigenvalue weighted by Crippen LogP contribution is 2.18. The van der Waals surface area contributed by atoms with Crippen LogP contribution >= 0.6 is 0 Å². The van der Waals surface area contributed by atoms with Crippen molar-refractivity contribution < 1.29 is 8.42 Å². The molecule has 1 rings (SSSR count). The monoisotopic (exact) mass is 297 g/mol. The van der Waals surface area contributed by atoms with Gasteiger partial charge >= 0.3 is 10.2 Å². The van der Waals surface area contributed by atoms with Crippen molar-refractivity contribution in [1.29, 1.82) is 0 Å². The van der Waals surface area contributed by atoms with E-state index in [1.165, 1.54) is 32.4 Å². The molecule has 1 aromatic rings. The van der Waals surface area contributed by atoms with Gasteiger partial charge in [-0.1, -0.05) is 11.2 Å². The van der Waals surface area contributed by atoms with Crippen molar-refractivity contribution in [2.75, 3.05) is 20.6 Å². The molecule has 0 unspecified atom stereocenters. The minimum atomic E-state index is -3.84. The lowest BCUT2D eigenvalue weighted by molar-refractivity contribution is 0.511. The van der Waals surface area contributed by atoms with Gasteiger partial charge in [-0.3, -0.25) is 0 Å². The average Bonchev–Trinajstić information content (AvgIpc) is 2.79. The molecule has 0 spiro atoms. The Morgan fingerprint density at radius 3 is 2.70 bits per heavy atom. The molecule has 20 heavy (non-hydrogen) atoms. The number of imidazole rings is 1. The van der Waals surface area contributed by atoms with Crippen LogP contribution in [0.2, 0.25) is 0 Å². The van der Waals surface area contributed by atoms with E-state index in [9.17, 15) is 8.42 Å². The van der Waals surface area contributed by atoms with Crippen LogP contribution in [0.4, 0.5) is 5.95 Å². The van der Waals surface area contributed by atoms with Crippen LogP contribution in [0, 0.1) is 0 Å². The van der Waals surface area contributed by atoms with Crippen molar-refractivity contribution in [3.05, 3.63) is 38.9 Å². The lowest BCUT2D eigenvalue weighted by atomic mass is 10.4. The summed E-state index contributed by atoms with van der Waals surface area (Å²) in [5.74, 6) is -0.301. The van der Waals surface area contributed by atoms with Gasteiger partial charge in [0.2, 0.25) is 5.95 Å². The van der Waals surface area contributed by atoms with Gasteiger partial charge in [0.1, 0.15) is 0 Å². The quantitative estimate of drug-likeness (QED) is 0.446. The molecule has 0 aliphatic carbocycles. The van der Waals surface area contributed by atoms with Crippen LogP contribution in [0.15, 0.2) is 22.5 Å². The average molecular weight is 297 g/mol. The molecule has 0 aliphatic heterocycles. The van der Waals surface area contributed by atoms with E-state index in [4.69, 9.17) is 11.1 Å². The van der Waals surface area contributed by atoms with Crippen LogP contribution in [0.25, 0.3) is 27.0 Å². The van der Waals surface area contributed by atoms with Crippen molar-refractivity contribution in [3.8, 4) is 0 Å². The molecular formula is C8H11N9O2S. The lowest BCUT2D eigenvalue weighted by Gasteiger charge is -2.12. The number of azide groups is 2. The van der Waals surface area contributed by atoms with E-state index >= 15 is 0 Å². The first-order valence-corrected chi connectivity index (χ1v) is 6.58.